The van der Waals surface area contributed by atoms with E-state index in [2.05, 4.69) is 26.0 Å². The molecule has 0 aromatic rings. The van der Waals surface area contributed by atoms with E-state index in [0.717, 1.165) is 12.3 Å². The van der Waals surface area contributed by atoms with Crippen molar-refractivity contribution >= 4 is 5.97 Å². The van der Waals surface area contributed by atoms with E-state index >= 15 is 0 Å². The molecule has 3 aliphatic rings. The van der Waals surface area contributed by atoms with Gasteiger partial charge in [0.25, 0.3) is 0 Å². The van der Waals surface area contributed by atoms with E-state index < -0.39 is 11.5 Å². The zero-order chi connectivity index (χ0) is 15.2. The van der Waals surface area contributed by atoms with Gasteiger partial charge in [-0.2, -0.15) is 0 Å². The van der Waals surface area contributed by atoms with Crippen LogP contribution in [0.15, 0.2) is 24.3 Å². The van der Waals surface area contributed by atoms with Crippen LogP contribution < -0.4 is 0 Å². The number of cyclic esters (lactones) is 1. The molecule has 0 radical (unpaired) electrons. The normalized spacial score (nSPS) is 47.0. The van der Waals surface area contributed by atoms with E-state index in [-0.39, 0.29) is 18.0 Å². The summed E-state index contributed by atoms with van der Waals surface area (Å²) in [6, 6.07) is 0. The van der Waals surface area contributed by atoms with Crippen LogP contribution in [0.2, 0.25) is 0 Å². The average Bonchev–Trinajstić information content (AvgIpc) is 2.68. The lowest BCUT2D eigenvalue weighted by Gasteiger charge is -2.46. The fourth-order valence-corrected chi connectivity index (χ4v) is 4.58. The van der Waals surface area contributed by atoms with E-state index in [1.165, 1.54) is 12.8 Å². The maximum Gasteiger partial charge on any atom is 0.313 e. The van der Waals surface area contributed by atoms with Gasteiger partial charge in [0.2, 0.25) is 0 Å². The van der Waals surface area contributed by atoms with Crippen LogP contribution in [0.4, 0.5) is 0 Å². The molecular formula is C18H26O3. The van der Waals surface area contributed by atoms with Crippen LogP contribution in [0.5, 0.6) is 0 Å². The summed E-state index contributed by atoms with van der Waals surface area (Å²) < 4.78 is 5.65. The third-order valence-corrected chi connectivity index (χ3v) is 5.81. The van der Waals surface area contributed by atoms with Gasteiger partial charge in [-0.25, -0.2) is 0 Å². The van der Waals surface area contributed by atoms with Crippen LogP contribution in [0.25, 0.3) is 0 Å². The van der Waals surface area contributed by atoms with Crippen molar-refractivity contribution in [2.24, 2.45) is 29.1 Å². The van der Waals surface area contributed by atoms with E-state index in [4.69, 9.17) is 4.74 Å². The minimum absolute atomic E-state index is 0.0540. The number of hydrogen-bond acceptors (Lipinski definition) is 3. The van der Waals surface area contributed by atoms with Gasteiger partial charge in [-0.1, -0.05) is 31.6 Å². The van der Waals surface area contributed by atoms with Crippen molar-refractivity contribution in [3.8, 4) is 0 Å². The van der Waals surface area contributed by atoms with Crippen molar-refractivity contribution < 1.29 is 14.6 Å². The number of carbonyl (C=O) groups is 1. The highest BCUT2D eigenvalue weighted by atomic mass is 16.6. The summed E-state index contributed by atoms with van der Waals surface area (Å²) in [6.07, 6.45) is 10.9. The number of rotatable bonds is 2. The molecule has 2 aliphatic carbocycles. The largest absolute Gasteiger partial charge is 0.457 e. The zero-order valence-electron chi connectivity index (χ0n) is 13.2. The first kappa shape index (κ1) is 14.8. The molecule has 2 fully saturated rings. The number of esters is 1. The second kappa shape index (κ2) is 5.28. The van der Waals surface area contributed by atoms with Crippen LogP contribution in [0, 0.1) is 29.1 Å². The van der Waals surface area contributed by atoms with Crippen molar-refractivity contribution in [1.82, 2.24) is 0 Å². The molecule has 7 unspecified atom stereocenters. The van der Waals surface area contributed by atoms with E-state index in [1.807, 2.05) is 6.08 Å². The maximum atomic E-state index is 12.6. The Morgan fingerprint density at radius 3 is 2.90 bits per heavy atom. The molecule has 1 saturated heterocycles. The summed E-state index contributed by atoms with van der Waals surface area (Å²) in [4.78, 5) is 12.6. The summed E-state index contributed by atoms with van der Waals surface area (Å²) in [5, 5.41) is 9.41. The lowest BCUT2D eigenvalue weighted by molar-refractivity contribution is -0.151. The molecule has 3 heteroatoms. The van der Waals surface area contributed by atoms with Crippen LogP contribution in [0.3, 0.4) is 0 Å². The smallest absolute Gasteiger partial charge is 0.313 e. The number of fused-ring (bicyclic) bond motifs is 3. The first-order valence-electron chi connectivity index (χ1n) is 8.18. The number of aliphatic hydroxyl groups excluding tert-OH is 1. The zero-order valence-corrected chi connectivity index (χ0v) is 13.2. The lowest BCUT2D eigenvalue weighted by atomic mass is 9.55. The quantitative estimate of drug-likeness (QED) is 0.628. The van der Waals surface area contributed by atoms with Crippen LogP contribution in [-0.2, 0) is 9.53 Å². The van der Waals surface area contributed by atoms with E-state index in [0.29, 0.717) is 11.8 Å². The Morgan fingerprint density at radius 2 is 2.19 bits per heavy atom. The van der Waals surface area contributed by atoms with Gasteiger partial charge in [-0.05, 0) is 50.5 Å². The molecule has 21 heavy (non-hydrogen) atoms. The molecule has 1 N–H and O–H groups in total. The van der Waals surface area contributed by atoms with Crippen molar-refractivity contribution in [1.29, 1.82) is 0 Å². The molecule has 7 atom stereocenters. The van der Waals surface area contributed by atoms with Gasteiger partial charge >= 0.3 is 5.97 Å². The minimum atomic E-state index is -0.508. The highest BCUT2D eigenvalue weighted by Gasteiger charge is 2.59. The molecule has 3 nitrogen and oxygen atoms in total. The number of hydrogen-bond donors (Lipinski definition) is 1. The Morgan fingerprint density at radius 1 is 1.43 bits per heavy atom. The molecule has 0 aromatic carbocycles. The maximum absolute atomic E-state index is 12.6. The lowest BCUT2D eigenvalue weighted by Crippen LogP contribution is -2.46. The predicted octanol–water partition coefficient (Wildman–Crippen LogP) is 3.09. The van der Waals surface area contributed by atoms with Crippen molar-refractivity contribution in [2.75, 3.05) is 0 Å². The summed E-state index contributed by atoms with van der Waals surface area (Å²) in [5.74, 6) is 1.72. The topological polar surface area (TPSA) is 46.5 Å². The molecule has 3 rings (SSSR count). The molecular weight excluding hydrogens is 264 g/mol. The first-order chi connectivity index (χ1) is 9.92. The molecule has 0 amide bonds. The van der Waals surface area contributed by atoms with Gasteiger partial charge in [-0.3, -0.25) is 4.79 Å². The van der Waals surface area contributed by atoms with E-state index in [1.54, 1.807) is 13.0 Å². The Balaban J connectivity index is 1.90. The predicted molar refractivity (Wildman–Crippen MR) is 81.4 cm³/mol. The minimum Gasteiger partial charge on any atom is -0.457 e. The SMILES string of the molecule is CC(O)C=CC1OC(=O)C2(C)C1C=CC1CC(C)CCC12. The van der Waals surface area contributed by atoms with Crippen molar-refractivity contribution in [2.45, 2.75) is 52.2 Å². The number of ether oxygens (including phenoxy) is 1. The third kappa shape index (κ3) is 2.36. The highest BCUT2D eigenvalue weighted by Crippen LogP contribution is 2.56. The Hall–Kier alpha value is -1.09. The van der Waals surface area contributed by atoms with E-state index in [9.17, 15) is 9.90 Å². The van der Waals surface area contributed by atoms with Gasteiger partial charge in [0.05, 0.1) is 11.5 Å². The number of carbonyl (C=O) groups excluding carboxylic acids is 1. The second-order valence-corrected chi connectivity index (χ2v) is 7.38. The van der Waals surface area contributed by atoms with Crippen molar-refractivity contribution in [3.05, 3.63) is 24.3 Å². The second-order valence-electron chi connectivity index (χ2n) is 7.38. The Kier molecular flexibility index (Phi) is 3.73. The summed E-state index contributed by atoms with van der Waals surface area (Å²) in [5.41, 5.74) is -0.396. The van der Waals surface area contributed by atoms with Crippen molar-refractivity contribution in [3.63, 3.8) is 0 Å². The third-order valence-electron chi connectivity index (χ3n) is 5.81. The highest BCUT2D eigenvalue weighted by molar-refractivity contribution is 5.81. The molecule has 116 valence electrons. The van der Waals surface area contributed by atoms with Gasteiger partial charge in [0, 0.05) is 5.92 Å². The fraction of sp³-hybridized carbons (Fsp3) is 0.722. The molecule has 1 aliphatic heterocycles. The molecule has 1 heterocycles. The van der Waals surface area contributed by atoms with Crippen LogP contribution in [0.1, 0.15) is 40.0 Å². The number of allylic oxidation sites excluding steroid dienone is 1. The monoisotopic (exact) mass is 290 g/mol. The van der Waals surface area contributed by atoms with Gasteiger partial charge in [-0.15, -0.1) is 0 Å². The number of aliphatic hydroxyl groups is 1. The van der Waals surface area contributed by atoms with Crippen LogP contribution >= 0.6 is 0 Å². The fourth-order valence-electron chi connectivity index (χ4n) is 4.58. The summed E-state index contributed by atoms with van der Waals surface area (Å²) in [7, 11) is 0. The average molecular weight is 290 g/mol. The molecule has 0 spiro atoms. The summed E-state index contributed by atoms with van der Waals surface area (Å²) in [6.45, 7) is 6.11. The Bertz CT molecular complexity index is 479. The first-order valence-corrected chi connectivity index (χ1v) is 8.18. The van der Waals surface area contributed by atoms with Gasteiger partial charge in [0.15, 0.2) is 0 Å². The molecule has 0 bridgehead atoms. The summed E-state index contributed by atoms with van der Waals surface area (Å²) >= 11 is 0. The standard InChI is InChI=1S/C18H26O3/c1-11-4-7-14-13(10-11)6-8-15-16(9-5-12(2)19)21-17(20)18(14,15)3/h5-6,8-9,11-16,19H,4,7,10H2,1-3H3. The molecule has 0 aromatic heterocycles. The van der Waals surface area contributed by atoms with Gasteiger partial charge < -0.3 is 9.84 Å². The van der Waals surface area contributed by atoms with Gasteiger partial charge in [0.1, 0.15) is 6.10 Å². The Labute approximate surface area is 127 Å². The van der Waals surface area contributed by atoms with Crippen LogP contribution in [-0.4, -0.2) is 23.3 Å². The molecule has 1 saturated carbocycles.